The van der Waals surface area contributed by atoms with E-state index >= 15 is 0 Å². The van der Waals surface area contributed by atoms with Gasteiger partial charge < -0.3 is 19.1 Å². The lowest BCUT2D eigenvalue weighted by atomic mass is 10.0. The van der Waals surface area contributed by atoms with Crippen molar-refractivity contribution < 1.29 is 33.4 Å². The number of rotatable bonds is 43. The predicted molar refractivity (Wildman–Crippen MR) is 239 cm³/mol. The molecular formula is C49H92N2O7. The molecule has 1 fully saturated rings. The van der Waals surface area contributed by atoms with Crippen molar-refractivity contribution in [2.45, 2.75) is 252 Å². The van der Waals surface area contributed by atoms with E-state index in [0.29, 0.717) is 26.0 Å². The lowest BCUT2D eigenvalue weighted by molar-refractivity contribution is -0.150. The van der Waals surface area contributed by atoms with E-state index in [2.05, 4.69) is 25.7 Å². The van der Waals surface area contributed by atoms with Gasteiger partial charge in [-0.2, -0.15) is 0 Å². The van der Waals surface area contributed by atoms with Gasteiger partial charge in [0, 0.05) is 19.4 Å². The smallest absolute Gasteiger partial charge is 0.416 e. The van der Waals surface area contributed by atoms with Crippen molar-refractivity contribution in [2.75, 3.05) is 39.4 Å². The summed E-state index contributed by atoms with van der Waals surface area (Å²) in [6.45, 7) is 10.7. The minimum atomic E-state index is -0.514. The number of amides is 2. The monoisotopic (exact) mass is 821 g/mol. The Morgan fingerprint density at radius 1 is 0.552 bits per heavy atom. The van der Waals surface area contributed by atoms with Crippen LogP contribution < -0.4 is 0 Å². The van der Waals surface area contributed by atoms with Crippen LogP contribution in [0.1, 0.15) is 245 Å². The summed E-state index contributed by atoms with van der Waals surface area (Å²) in [6.07, 6.45) is 37.9. The summed E-state index contributed by atoms with van der Waals surface area (Å²) in [5.74, 6) is -0.207. The minimum absolute atomic E-state index is 0.0112. The number of hydrogen-bond acceptors (Lipinski definition) is 8. The van der Waals surface area contributed by atoms with Gasteiger partial charge in [-0.3, -0.25) is 14.4 Å². The summed E-state index contributed by atoms with van der Waals surface area (Å²) in [7, 11) is 0. The highest BCUT2D eigenvalue weighted by atomic mass is 16.6. The van der Waals surface area contributed by atoms with Gasteiger partial charge in [0.25, 0.3) is 0 Å². The van der Waals surface area contributed by atoms with Crippen molar-refractivity contribution in [3.05, 3.63) is 0 Å². The second-order valence-electron chi connectivity index (χ2n) is 17.2. The van der Waals surface area contributed by atoms with E-state index in [4.69, 9.17) is 14.2 Å². The molecule has 9 heteroatoms. The maximum Gasteiger partial charge on any atom is 0.416 e. The zero-order valence-corrected chi connectivity index (χ0v) is 38.3. The first-order valence-electron chi connectivity index (χ1n) is 25.0. The molecule has 0 N–H and O–H groups in total. The number of unbranched alkanes of at least 4 members (excludes halogenated alkanes) is 24. The van der Waals surface area contributed by atoms with E-state index in [1.165, 1.54) is 101 Å². The predicted octanol–water partition coefficient (Wildman–Crippen LogP) is 13.4. The first-order valence-corrected chi connectivity index (χ1v) is 25.0. The van der Waals surface area contributed by atoms with E-state index in [-0.39, 0.29) is 37.0 Å². The summed E-state index contributed by atoms with van der Waals surface area (Å²) in [5.41, 5.74) is 0. The molecule has 2 amide bonds. The molecule has 1 rings (SSSR count). The van der Waals surface area contributed by atoms with Crippen molar-refractivity contribution in [3.63, 3.8) is 0 Å². The topological polar surface area (TPSA) is 102 Å². The molecule has 0 spiro atoms. The molecular weight excluding hydrogens is 729 g/mol. The fourth-order valence-corrected chi connectivity index (χ4v) is 7.94. The zero-order valence-electron chi connectivity index (χ0n) is 38.3. The molecule has 58 heavy (non-hydrogen) atoms. The third-order valence-corrected chi connectivity index (χ3v) is 11.7. The van der Waals surface area contributed by atoms with Gasteiger partial charge in [0.15, 0.2) is 0 Å². The Kier molecular flexibility index (Phi) is 37.4. The normalized spacial score (nSPS) is 13.2. The highest BCUT2D eigenvalue weighted by molar-refractivity contribution is 5.93. The molecule has 1 aliphatic heterocycles. The Morgan fingerprint density at radius 3 is 1.50 bits per heavy atom. The third kappa shape index (κ3) is 32.7. The van der Waals surface area contributed by atoms with Crippen molar-refractivity contribution >= 4 is 23.9 Å². The van der Waals surface area contributed by atoms with E-state index < -0.39 is 6.09 Å². The van der Waals surface area contributed by atoms with E-state index in [1.807, 2.05) is 0 Å². The highest BCUT2D eigenvalue weighted by Crippen LogP contribution is 2.19. The Morgan fingerprint density at radius 2 is 0.983 bits per heavy atom. The van der Waals surface area contributed by atoms with Crippen molar-refractivity contribution in [1.82, 2.24) is 9.80 Å². The molecule has 0 atom stereocenters. The van der Waals surface area contributed by atoms with Gasteiger partial charge in [-0.25, -0.2) is 9.69 Å². The largest absolute Gasteiger partial charge is 0.466 e. The molecule has 0 aromatic rings. The van der Waals surface area contributed by atoms with Gasteiger partial charge in [0.05, 0.1) is 13.0 Å². The average Bonchev–Trinajstić information content (AvgIpc) is 3.21. The summed E-state index contributed by atoms with van der Waals surface area (Å²) < 4.78 is 16.6. The van der Waals surface area contributed by atoms with Gasteiger partial charge in [0.1, 0.15) is 12.7 Å². The Labute approximate surface area is 357 Å². The molecule has 1 heterocycles. The SMILES string of the molecule is CCCCCCCCCOC(=O)CCCCCCCN(CCCCCCCC(=O)OC(CCCCCCCC)CCCCCCCC)CCCN1C(=O)CCOC1=O. The van der Waals surface area contributed by atoms with Crippen LogP contribution in [-0.2, 0) is 28.6 Å². The lowest BCUT2D eigenvalue weighted by Crippen LogP contribution is -2.43. The zero-order chi connectivity index (χ0) is 42.2. The van der Waals surface area contributed by atoms with Crippen LogP contribution in [0.15, 0.2) is 0 Å². The molecule has 0 aromatic heterocycles. The van der Waals surface area contributed by atoms with Crippen molar-refractivity contribution in [2.24, 2.45) is 0 Å². The number of cyclic esters (lactones) is 1. The minimum Gasteiger partial charge on any atom is -0.466 e. The summed E-state index contributed by atoms with van der Waals surface area (Å²) in [4.78, 5) is 53.1. The number of imide groups is 1. The van der Waals surface area contributed by atoms with Crippen LogP contribution >= 0.6 is 0 Å². The second kappa shape index (κ2) is 40.3. The first-order chi connectivity index (χ1) is 28.4. The molecule has 1 saturated heterocycles. The van der Waals surface area contributed by atoms with Gasteiger partial charge >= 0.3 is 18.0 Å². The molecule has 0 aromatic carbocycles. The quantitative estimate of drug-likeness (QED) is 0.0340. The fourth-order valence-electron chi connectivity index (χ4n) is 7.94. The molecule has 0 aliphatic carbocycles. The highest BCUT2D eigenvalue weighted by Gasteiger charge is 2.27. The summed E-state index contributed by atoms with van der Waals surface area (Å²) >= 11 is 0. The summed E-state index contributed by atoms with van der Waals surface area (Å²) in [5, 5.41) is 0. The van der Waals surface area contributed by atoms with Gasteiger partial charge in [-0.1, -0.05) is 162 Å². The lowest BCUT2D eigenvalue weighted by Gasteiger charge is -2.27. The van der Waals surface area contributed by atoms with Gasteiger partial charge in [-0.15, -0.1) is 0 Å². The van der Waals surface area contributed by atoms with E-state index in [9.17, 15) is 19.2 Å². The number of ether oxygens (including phenoxy) is 3. The number of esters is 2. The molecule has 1 aliphatic rings. The molecule has 0 radical (unpaired) electrons. The fraction of sp³-hybridized carbons (Fsp3) is 0.918. The Hall–Kier alpha value is -2.16. The van der Waals surface area contributed by atoms with E-state index in [0.717, 1.165) is 129 Å². The van der Waals surface area contributed by atoms with E-state index in [1.54, 1.807) is 0 Å². The maximum absolute atomic E-state index is 12.8. The average molecular weight is 821 g/mol. The Bertz CT molecular complexity index is 960. The number of carbonyl (C=O) groups excluding carboxylic acids is 4. The summed E-state index contributed by atoms with van der Waals surface area (Å²) in [6, 6.07) is 0. The van der Waals surface area contributed by atoms with Crippen molar-refractivity contribution in [3.8, 4) is 0 Å². The molecule has 9 nitrogen and oxygen atoms in total. The van der Waals surface area contributed by atoms with Gasteiger partial charge in [-0.05, 0) is 83.8 Å². The standard InChI is InChI=1S/C49H92N2O7/c1-4-7-10-13-16-25-32-43-56-47(53)36-28-21-17-23-30-39-50(41-33-42-51-46(52)38-44-57-49(51)55)40-31-24-18-22-29-37-48(54)58-45(34-26-19-14-11-8-5-2)35-27-20-15-12-9-6-3/h45H,4-44H2,1-3H3. The Balaban J connectivity index is 2.34. The molecule has 0 unspecified atom stereocenters. The maximum atomic E-state index is 12.8. The van der Waals surface area contributed by atoms with Crippen LogP contribution in [-0.4, -0.2) is 79.2 Å². The van der Waals surface area contributed by atoms with Gasteiger partial charge in [0.2, 0.25) is 5.91 Å². The van der Waals surface area contributed by atoms with Crippen molar-refractivity contribution in [1.29, 1.82) is 0 Å². The van der Waals surface area contributed by atoms with Crippen LogP contribution in [0.4, 0.5) is 4.79 Å². The molecule has 340 valence electrons. The van der Waals surface area contributed by atoms with Crippen LogP contribution in [0.5, 0.6) is 0 Å². The number of hydrogen-bond donors (Lipinski definition) is 0. The third-order valence-electron chi connectivity index (χ3n) is 11.7. The van der Waals surface area contributed by atoms with Crippen LogP contribution in [0.2, 0.25) is 0 Å². The first kappa shape index (κ1) is 53.9. The number of carbonyl (C=O) groups is 4. The van der Waals surface area contributed by atoms with Crippen LogP contribution in [0.3, 0.4) is 0 Å². The van der Waals surface area contributed by atoms with Crippen LogP contribution in [0, 0.1) is 0 Å². The molecule has 0 saturated carbocycles. The molecule has 0 bridgehead atoms. The van der Waals surface area contributed by atoms with Crippen LogP contribution in [0.25, 0.3) is 0 Å². The second-order valence-corrected chi connectivity index (χ2v) is 17.2. The number of nitrogens with zero attached hydrogens (tertiary/aromatic N) is 2.